The first-order chi connectivity index (χ1) is 11.1. The zero-order chi connectivity index (χ0) is 16.2. The van der Waals surface area contributed by atoms with E-state index < -0.39 is 5.97 Å². The molecule has 0 aliphatic carbocycles. The molecule has 1 fully saturated rings. The van der Waals surface area contributed by atoms with E-state index in [1.54, 1.807) is 23.1 Å². The Labute approximate surface area is 135 Å². The minimum absolute atomic E-state index is 0.136. The number of piperidine rings is 1. The monoisotopic (exact) mass is 319 g/mol. The van der Waals surface area contributed by atoms with Gasteiger partial charge in [-0.05, 0) is 44.4 Å². The van der Waals surface area contributed by atoms with Gasteiger partial charge in [-0.1, -0.05) is 0 Å². The highest BCUT2D eigenvalue weighted by molar-refractivity contribution is 5.92. The normalized spacial score (nSPS) is 20.0. The van der Waals surface area contributed by atoms with Gasteiger partial charge in [0.05, 0.1) is 5.56 Å². The smallest absolute Gasteiger partial charge is 0.338 e. The number of carbonyl (C=O) groups excluding carboxylic acids is 2. The summed E-state index contributed by atoms with van der Waals surface area (Å²) in [6, 6.07) is 5.10. The van der Waals surface area contributed by atoms with Crippen LogP contribution in [0.4, 0.5) is 0 Å². The molecule has 23 heavy (non-hydrogen) atoms. The molecule has 2 heterocycles. The van der Waals surface area contributed by atoms with Gasteiger partial charge in [-0.2, -0.15) is 0 Å². The first-order valence-corrected chi connectivity index (χ1v) is 8.01. The van der Waals surface area contributed by atoms with E-state index in [1.807, 2.05) is 6.92 Å². The maximum Gasteiger partial charge on any atom is 0.338 e. The number of carbonyl (C=O) groups is 2. The van der Waals surface area contributed by atoms with Gasteiger partial charge in [0.25, 0.3) is 5.91 Å². The molecule has 6 heteroatoms. The van der Waals surface area contributed by atoms with E-state index in [9.17, 15) is 9.59 Å². The van der Waals surface area contributed by atoms with Crippen LogP contribution >= 0.6 is 0 Å². The van der Waals surface area contributed by atoms with Gasteiger partial charge in [-0.15, -0.1) is 0 Å². The van der Waals surface area contributed by atoms with Crippen molar-refractivity contribution in [1.29, 1.82) is 0 Å². The lowest BCUT2D eigenvalue weighted by atomic mass is 10.0. The number of ether oxygens (including phenoxy) is 3. The summed E-state index contributed by atoms with van der Waals surface area (Å²) in [5.74, 6) is 0.482. The number of esters is 1. The second kappa shape index (κ2) is 6.89. The van der Waals surface area contributed by atoms with Crippen molar-refractivity contribution < 1.29 is 23.8 Å². The molecule has 0 radical (unpaired) electrons. The van der Waals surface area contributed by atoms with Gasteiger partial charge < -0.3 is 19.1 Å². The molecule has 1 amide bonds. The summed E-state index contributed by atoms with van der Waals surface area (Å²) in [5, 5.41) is 0. The molecule has 0 bridgehead atoms. The van der Waals surface area contributed by atoms with Gasteiger partial charge in [-0.3, -0.25) is 4.79 Å². The summed E-state index contributed by atoms with van der Waals surface area (Å²) >= 11 is 0. The van der Waals surface area contributed by atoms with E-state index in [-0.39, 0.29) is 18.6 Å². The molecule has 2 aliphatic heterocycles. The molecule has 2 aliphatic rings. The average Bonchev–Trinajstić information content (AvgIpc) is 2.59. The van der Waals surface area contributed by atoms with Crippen LogP contribution in [0.25, 0.3) is 0 Å². The Morgan fingerprint density at radius 1 is 1.22 bits per heavy atom. The third-order valence-electron chi connectivity index (χ3n) is 4.23. The highest BCUT2D eigenvalue weighted by Crippen LogP contribution is 2.30. The summed E-state index contributed by atoms with van der Waals surface area (Å²) in [6.07, 6.45) is 3.15. The van der Waals surface area contributed by atoms with Crippen molar-refractivity contribution in [3.05, 3.63) is 23.8 Å². The molecule has 6 nitrogen and oxygen atoms in total. The molecule has 1 aromatic carbocycles. The quantitative estimate of drug-likeness (QED) is 0.798. The fourth-order valence-electron chi connectivity index (χ4n) is 2.93. The number of rotatable bonds is 3. The summed E-state index contributed by atoms with van der Waals surface area (Å²) < 4.78 is 16.0. The molecular formula is C17H21NO5. The summed E-state index contributed by atoms with van der Waals surface area (Å²) in [4.78, 5) is 26.1. The molecule has 0 saturated carbocycles. The van der Waals surface area contributed by atoms with Crippen LogP contribution in [0.15, 0.2) is 18.2 Å². The van der Waals surface area contributed by atoms with Crippen LogP contribution < -0.4 is 9.47 Å². The molecule has 0 unspecified atom stereocenters. The van der Waals surface area contributed by atoms with Crippen molar-refractivity contribution in [1.82, 2.24) is 4.90 Å². The Morgan fingerprint density at radius 2 is 2.00 bits per heavy atom. The standard InChI is InChI=1S/C17H21NO5/c1-12-4-2-3-7-18(12)16(19)11-23-17(20)13-5-6-14-15(10-13)22-9-8-21-14/h5-6,10,12H,2-4,7-9,11H2,1H3/t12-/m0/s1. The first-order valence-electron chi connectivity index (χ1n) is 8.01. The van der Waals surface area contributed by atoms with Crippen LogP contribution in [0.5, 0.6) is 11.5 Å². The van der Waals surface area contributed by atoms with Gasteiger partial charge in [0.2, 0.25) is 0 Å². The third-order valence-corrected chi connectivity index (χ3v) is 4.23. The van der Waals surface area contributed by atoms with Crippen molar-refractivity contribution in [3.63, 3.8) is 0 Å². The minimum atomic E-state index is -0.528. The Hall–Kier alpha value is -2.24. The minimum Gasteiger partial charge on any atom is -0.486 e. The van der Waals surface area contributed by atoms with E-state index in [0.717, 1.165) is 25.8 Å². The van der Waals surface area contributed by atoms with E-state index in [1.165, 1.54) is 0 Å². The summed E-state index contributed by atoms with van der Waals surface area (Å²) in [7, 11) is 0. The second-order valence-electron chi connectivity index (χ2n) is 5.87. The maximum atomic E-state index is 12.2. The van der Waals surface area contributed by atoms with Crippen LogP contribution in [0.3, 0.4) is 0 Å². The van der Waals surface area contributed by atoms with Crippen LogP contribution in [0.1, 0.15) is 36.5 Å². The SMILES string of the molecule is C[C@H]1CCCCN1C(=O)COC(=O)c1ccc2c(c1)OCCO2. The lowest BCUT2D eigenvalue weighted by Gasteiger charge is -2.33. The van der Waals surface area contributed by atoms with Crippen LogP contribution in [-0.2, 0) is 9.53 Å². The lowest BCUT2D eigenvalue weighted by Crippen LogP contribution is -2.44. The van der Waals surface area contributed by atoms with Gasteiger partial charge in [0, 0.05) is 12.6 Å². The molecule has 0 N–H and O–H groups in total. The Kier molecular flexibility index (Phi) is 4.69. The topological polar surface area (TPSA) is 65.1 Å². The third kappa shape index (κ3) is 3.57. The number of hydrogen-bond acceptors (Lipinski definition) is 5. The largest absolute Gasteiger partial charge is 0.486 e. The number of amides is 1. The number of nitrogens with zero attached hydrogens (tertiary/aromatic N) is 1. The zero-order valence-corrected chi connectivity index (χ0v) is 13.2. The molecule has 1 aromatic rings. The molecule has 124 valence electrons. The van der Waals surface area contributed by atoms with Gasteiger partial charge in [0.1, 0.15) is 13.2 Å². The van der Waals surface area contributed by atoms with E-state index in [0.29, 0.717) is 30.3 Å². The molecule has 1 atom stereocenters. The van der Waals surface area contributed by atoms with E-state index in [2.05, 4.69) is 0 Å². The van der Waals surface area contributed by atoms with Crippen molar-refractivity contribution in [3.8, 4) is 11.5 Å². The number of likely N-dealkylation sites (tertiary alicyclic amines) is 1. The van der Waals surface area contributed by atoms with Gasteiger partial charge in [0.15, 0.2) is 18.1 Å². The average molecular weight is 319 g/mol. The maximum absolute atomic E-state index is 12.2. The Bertz CT molecular complexity index is 601. The molecular weight excluding hydrogens is 298 g/mol. The fourth-order valence-corrected chi connectivity index (χ4v) is 2.93. The molecule has 0 aromatic heterocycles. The number of benzene rings is 1. The summed E-state index contributed by atoms with van der Waals surface area (Å²) in [5.41, 5.74) is 0.355. The van der Waals surface area contributed by atoms with Crippen LogP contribution in [-0.4, -0.2) is 49.2 Å². The second-order valence-corrected chi connectivity index (χ2v) is 5.87. The molecule has 1 saturated heterocycles. The van der Waals surface area contributed by atoms with E-state index in [4.69, 9.17) is 14.2 Å². The van der Waals surface area contributed by atoms with E-state index >= 15 is 0 Å². The van der Waals surface area contributed by atoms with Crippen LogP contribution in [0.2, 0.25) is 0 Å². The Morgan fingerprint density at radius 3 is 2.78 bits per heavy atom. The molecule has 3 rings (SSSR count). The van der Waals surface area contributed by atoms with Gasteiger partial charge >= 0.3 is 5.97 Å². The number of hydrogen-bond donors (Lipinski definition) is 0. The van der Waals surface area contributed by atoms with Crippen LogP contribution in [0, 0.1) is 0 Å². The predicted molar refractivity (Wildman–Crippen MR) is 82.7 cm³/mol. The van der Waals surface area contributed by atoms with Crippen molar-refractivity contribution in [2.24, 2.45) is 0 Å². The predicted octanol–water partition coefficient (Wildman–Crippen LogP) is 2.02. The fraction of sp³-hybridized carbons (Fsp3) is 0.529. The highest BCUT2D eigenvalue weighted by Gasteiger charge is 2.24. The Balaban J connectivity index is 1.57. The zero-order valence-electron chi connectivity index (χ0n) is 13.2. The summed E-state index contributed by atoms with van der Waals surface area (Å²) in [6.45, 7) is 3.50. The highest BCUT2D eigenvalue weighted by atomic mass is 16.6. The van der Waals surface area contributed by atoms with Crippen molar-refractivity contribution in [2.75, 3.05) is 26.4 Å². The van der Waals surface area contributed by atoms with Crippen molar-refractivity contribution >= 4 is 11.9 Å². The van der Waals surface area contributed by atoms with Crippen molar-refractivity contribution in [2.45, 2.75) is 32.2 Å². The number of fused-ring (bicyclic) bond motifs is 1. The van der Waals surface area contributed by atoms with Gasteiger partial charge in [-0.25, -0.2) is 4.79 Å². The lowest BCUT2D eigenvalue weighted by molar-refractivity contribution is -0.137. The molecule has 0 spiro atoms. The first kappa shape index (κ1) is 15.6.